The highest BCUT2D eigenvalue weighted by Gasteiger charge is 2.27. The van der Waals surface area contributed by atoms with Crippen LogP contribution in [0.25, 0.3) is 0 Å². The molecule has 1 aromatic rings. The molecule has 2 N–H and O–H groups in total. The van der Waals surface area contributed by atoms with Crippen LogP contribution in [0.3, 0.4) is 0 Å². The summed E-state index contributed by atoms with van der Waals surface area (Å²) in [7, 11) is 1.00. The molecule has 0 radical (unpaired) electrons. The number of carbonyl (C=O) groups is 1. The Hall–Kier alpha value is -2.06. The lowest BCUT2D eigenvalue weighted by Crippen LogP contribution is -2.24. The fraction of sp³-hybridized carbons (Fsp3) is 0.385. The van der Waals surface area contributed by atoms with Gasteiger partial charge in [-0.05, 0) is 18.1 Å². The first-order valence-corrected chi connectivity index (χ1v) is 5.60. The maximum Gasteiger partial charge on any atom is 0.227 e. The van der Waals surface area contributed by atoms with E-state index in [-0.39, 0.29) is 17.2 Å². The molecule has 1 atom stereocenters. The molecule has 0 spiro atoms. The van der Waals surface area contributed by atoms with Crippen LogP contribution in [0.15, 0.2) is 18.2 Å². The zero-order chi connectivity index (χ0) is 13.7. The first kappa shape index (κ1) is 14.0. The maximum absolute atomic E-state index is 11.6. The van der Waals surface area contributed by atoms with Gasteiger partial charge in [0.15, 0.2) is 0 Å². The SMILES string of the molecule is CC1CC(=O)N(c2ccc(C#N)c(O)c2)C1.CO. The number of anilines is 1. The number of nitrogens with zero attached hydrogens (tertiary/aromatic N) is 2. The lowest BCUT2D eigenvalue weighted by molar-refractivity contribution is -0.117. The molecule has 1 saturated heterocycles. The van der Waals surface area contributed by atoms with E-state index < -0.39 is 0 Å². The summed E-state index contributed by atoms with van der Waals surface area (Å²) >= 11 is 0. The first-order chi connectivity index (χ1) is 8.61. The van der Waals surface area contributed by atoms with Crippen LogP contribution >= 0.6 is 0 Å². The molecule has 5 heteroatoms. The average Bonchev–Trinajstić information content (AvgIpc) is 2.71. The Morgan fingerprint density at radius 3 is 2.56 bits per heavy atom. The van der Waals surface area contributed by atoms with E-state index in [0.29, 0.717) is 24.6 Å². The topological polar surface area (TPSA) is 84.6 Å². The van der Waals surface area contributed by atoms with E-state index in [1.54, 1.807) is 11.0 Å². The van der Waals surface area contributed by atoms with Crippen LogP contribution in [-0.4, -0.2) is 29.8 Å². The van der Waals surface area contributed by atoms with Crippen LogP contribution in [0.1, 0.15) is 18.9 Å². The maximum atomic E-state index is 11.6. The monoisotopic (exact) mass is 248 g/mol. The number of aliphatic hydroxyl groups excluding tert-OH is 1. The highest BCUT2D eigenvalue weighted by molar-refractivity contribution is 5.95. The van der Waals surface area contributed by atoms with Gasteiger partial charge in [-0.3, -0.25) is 4.79 Å². The van der Waals surface area contributed by atoms with Gasteiger partial charge in [-0.2, -0.15) is 5.26 Å². The summed E-state index contributed by atoms with van der Waals surface area (Å²) in [6.07, 6.45) is 0.542. The molecule has 1 aromatic carbocycles. The molecule has 0 bridgehead atoms. The summed E-state index contributed by atoms with van der Waals surface area (Å²) in [5, 5.41) is 25.2. The second-order valence-electron chi connectivity index (χ2n) is 4.13. The van der Waals surface area contributed by atoms with Gasteiger partial charge in [0.05, 0.1) is 5.56 Å². The van der Waals surface area contributed by atoms with E-state index in [1.165, 1.54) is 12.1 Å². The van der Waals surface area contributed by atoms with Crippen molar-refractivity contribution in [2.45, 2.75) is 13.3 Å². The van der Waals surface area contributed by atoms with Crippen molar-refractivity contribution >= 4 is 11.6 Å². The third-order valence-corrected chi connectivity index (χ3v) is 2.73. The number of phenolic OH excluding ortho intramolecular Hbond substituents is 1. The largest absolute Gasteiger partial charge is 0.506 e. The van der Waals surface area contributed by atoms with Gasteiger partial charge >= 0.3 is 0 Å². The van der Waals surface area contributed by atoms with Gasteiger partial charge in [0, 0.05) is 31.8 Å². The van der Waals surface area contributed by atoms with E-state index in [2.05, 4.69) is 0 Å². The number of hydrogen-bond donors (Lipinski definition) is 2. The van der Waals surface area contributed by atoms with Crippen molar-refractivity contribution in [2.75, 3.05) is 18.6 Å². The van der Waals surface area contributed by atoms with Crippen molar-refractivity contribution in [1.82, 2.24) is 0 Å². The predicted molar refractivity (Wildman–Crippen MR) is 67.1 cm³/mol. The first-order valence-electron chi connectivity index (χ1n) is 5.60. The molecule has 5 nitrogen and oxygen atoms in total. The van der Waals surface area contributed by atoms with E-state index >= 15 is 0 Å². The predicted octanol–water partition coefficient (Wildman–Crippen LogP) is 1.25. The van der Waals surface area contributed by atoms with Gasteiger partial charge < -0.3 is 15.1 Å². The molecule has 1 heterocycles. The van der Waals surface area contributed by atoms with Gasteiger partial charge in [-0.15, -0.1) is 0 Å². The zero-order valence-corrected chi connectivity index (χ0v) is 10.4. The van der Waals surface area contributed by atoms with Crippen molar-refractivity contribution in [1.29, 1.82) is 5.26 Å². The van der Waals surface area contributed by atoms with Gasteiger partial charge in [-0.25, -0.2) is 0 Å². The van der Waals surface area contributed by atoms with Crippen molar-refractivity contribution < 1.29 is 15.0 Å². The van der Waals surface area contributed by atoms with Gasteiger partial charge in [-0.1, -0.05) is 6.92 Å². The van der Waals surface area contributed by atoms with Gasteiger partial charge in [0.1, 0.15) is 11.8 Å². The Balaban J connectivity index is 0.000000771. The molecule has 1 unspecified atom stereocenters. The average molecular weight is 248 g/mol. The second-order valence-corrected chi connectivity index (χ2v) is 4.13. The number of rotatable bonds is 1. The third-order valence-electron chi connectivity index (χ3n) is 2.73. The Bertz CT molecular complexity index is 480. The highest BCUT2D eigenvalue weighted by atomic mass is 16.3. The Morgan fingerprint density at radius 1 is 1.44 bits per heavy atom. The summed E-state index contributed by atoms with van der Waals surface area (Å²) < 4.78 is 0. The fourth-order valence-electron chi connectivity index (χ4n) is 1.92. The number of amides is 1. The quantitative estimate of drug-likeness (QED) is 0.783. The van der Waals surface area contributed by atoms with E-state index in [9.17, 15) is 9.90 Å². The number of nitriles is 1. The minimum atomic E-state index is -0.0765. The number of phenols is 1. The number of aliphatic hydroxyl groups is 1. The Morgan fingerprint density at radius 2 is 2.11 bits per heavy atom. The van der Waals surface area contributed by atoms with Crippen molar-refractivity contribution in [3.63, 3.8) is 0 Å². The van der Waals surface area contributed by atoms with Crippen LogP contribution in [0.2, 0.25) is 0 Å². The summed E-state index contributed by atoms with van der Waals surface area (Å²) in [5.74, 6) is 0.328. The van der Waals surface area contributed by atoms with Crippen LogP contribution in [0.5, 0.6) is 5.75 Å². The van der Waals surface area contributed by atoms with E-state index in [4.69, 9.17) is 10.4 Å². The van der Waals surface area contributed by atoms with Crippen molar-refractivity contribution in [3.05, 3.63) is 23.8 Å². The standard InChI is InChI=1S/C12H12N2O2.CH4O/c1-8-4-12(16)14(7-8)10-3-2-9(6-13)11(15)5-10;1-2/h2-3,5,8,15H,4,7H2,1H3;2H,1H3. The normalized spacial score (nSPS) is 18.0. The summed E-state index contributed by atoms with van der Waals surface area (Å²) in [6.45, 7) is 2.69. The van der Waals surface area contributed by atoms with Crippen molar-refractivity contribution in [3.8, 4) is 11.8 Å². The number of carbonyl (C=O) groups excluding carboxylic acids is 1. The van der Waals surface area contributed by atoms with Crippen LogP contribution in [0.4, 0.5) is 5.69 Å². The summed E-state index contributed by atoms with van der Waals surface area (Å²) in [5.41, 5.74) is 0.884. The summed E-state index contributed by atoms with van der Waals surface area (Å²) in [6, 6.07) is 6.56. The molecule has 0 saturated carbocycles. The van der Waals surface area contributed by atoms with E-state index in [1.807, 2.05) is 13.0 Å². The molecule has 1 aliphatic rings. The minimum absolute atomic E-state index is 0.0663. The molecule has 96 valence electrons. The van der Waals surface area contributed by atoms with Gasteiger partial charge in [0.2, 0.25) is 5.91 Å². The highest BCUT2D eigenvalue weighted by Crippen LogP contribution is 2.28. The number of aromatic hydroxyl groups is 1. The molecular weight excluding hydrogens is 232 g/mol. The molecule has 1 amide bonds. The van der Waals surface area contributed by atoms with Crippen LogP contribution in [-0.2, 0) is 4.79 Å². The molecule has 0 aliphatic carbocycles. The lowest BCUT2D eigenvalue weighted by Gasteiger charge is -2.16. The van der Waals surface area contributed by atoms with Crippen LogP contribution < -0.4 is 4.90 Å². The van der Waals surface area contributed by atoms with Gasteiger partial charge in [0.25, 0.3) is 0 Å². The van der Waals surface area contributed by atoms with Crippen molar-refractivity contribution in [2.24, 2.45) is 5.92 Å². The molecule has 1 aliphatic heterocycles. The lowest BCUT2D eigenvalue weighted by atomic mass is 10.1. The molecule has 18 heavy (non-hydrogen) atoms. The smallest absolute Gasteiger partial charge is 0.227 e. The number of hydrogen-bond acceptors (Lipinski definition) is 4. The molecular formula is C13H16N2O3. The van der Waals surface area contributed by atoms with Crippen LogP contribution in [0, 0.1) is 17.2 Å². The van der Waals surface area contributed by atoms with E-state index in [0.717, 1.165) is 7.11 Å². The molecule has 1 fully saturated rings. The summed E-state index contributed by atoms with van der Waals surface area (Å²) in [4.78, 5) is 13.3. The molecule has 0 aromatic heterocycles. The number of benzene rings is 1. The Kier molecular flexibility index (Phi) is 4.69. The second kappa shape index (κ2) is 6.03. The Labute approximate surface area is 106 Å². The minimum Gasteiger partial charge on any atom is -0.506 e. The fourth-order valence-corrected chi connectivity index (χ4v) is 1.92. The molecule has 2 rings (SSSR count). The zero-order valence-electron chi connectivity index (χ0n) is 10.4. The third kappa shape index (κ3) is 2.79.